The molecule has 4 aromatic rings. The number of hydrogen-bond acceptors (Lipinski definition) is 6. The summed E-state index contributed by atoms with van der Waals surface area (Å²) >= 11 is 1.49. The SMILES string of the molecule is COC(=O)c1ccc(CN(C)C(=O)Cn2c(-c3cscn3)nc3ccccc32)cc1. The van der Waals surface area contributed by atoms with Gasteiger partial charge in [-0.1, -0.05) is 24.3 Å². The molecule has 0 unspecified atom stereocenters. The van der Waals surface area contributed by atoms with Gasteiger partial charge < -0.3 is 14.2 Å². The van der Waals surface area contributed by atoms with Gasteiger partial charge in [-0.2, -0.15) is 0 Å². The molecular formula is C22H20N4O3S. The van der Waals surface area contributed by atoms with Crippen LogP contribution < -0.4 is 0 Å². The van der Waals surface area contributed by atoms with Crippen LogP contribution in [0.5, 0.6) is 0 Å². The van der Waals surface area contributed by atoms with Gasteiger partial charge in [-0.25, -0.2) is 14.8 Å². The Morgan fingerprint density at radius 2 is 1.90 bits per heavy atom. The molecule has 0 bridgehead atoms. The van der Waals surface area contributed by atoms with Gasteiger partial charge in [-0.3, -0.25) is 4.79 Å². The van der Waals surface area contributed by atoms with E-state index in [1.54, 1.807) is 29.6 Å². The molecule has 1 amide bonds. The first-order valence-corrected chi connectivity index (χ1v) is 10.3. The van der Waals surface area contributed by atoms with Crippen LogP contribution in [0, 0.1) is 0 Å². The summed E-state index contributed by atoms with van der Waals surface area (Å²) < 4.78 is 6.62. The van der Waals surface area contributed by atoms with E-state index in [-0.39, 0.29) is 18.4 Å². The fourth-order valence-corrected chi connectivity index (χ4v) is 3.77. The molecule has 0 fully saturated rings. The van der Waals surface area contributed by atoms with Gasteiger partial charge in [-0.05, 0) is 29.8 Å². The number of ether oxygens (including phenoxy) is 1. The molecular weight excluding hydrogens is 400 g/mol. The molecule has 30 heavy (non-hydrogen) atoms. The topological polar surface area (TPSA) is 77.3 Å². The minimum absolute atomic E-state index is 0.0494. The van der Waals surface area contributed by atoms with E-state index in [1.807, 2.05) is 46.3 Å². The molecule has 0 atom stereocenters. The lowest BCUT2D eigenvalue weighted by molar-refractivity contribution is -0.130. The Bertz CT molecular complexity index is 1180. The summed E-state index contributed by atoms with van der Waals surface area (Å²) in [6.07, 6.45) is 0. The smallest absolute Gasteiger partial charge is 0.337 e. The van der Waals surface area contributed by atoms with Crippen LogP contribution in [0.25, 0.3) is 22.6 Å². The molecule has 4 rings (SSSR count). The third kappa shape index (κ3) is 3.95. The van der Waals surface area contributed by atoms with E-state index in [9.17, 15) is 9.59 Å². The highest BCUT2D eigenvalue weighted by molar-refractivity contribution is 7.07. The van der Waals surface area contributed by atoms with Crippen LogP contribution in [0.2, 0.25) is 0 Å². The van der Waals surface area contributed by atoms with Gasteiger partial charge in [0.1, 0.15) is 12.2 Å². The van der Waals surface area contributed by atoms with Crippen molar-refractivity contribution in [1.29, 1.82) is 0 Å². The minimum Gasteiger partial charge on any atom is -0.465 e. The predicted octanol–water partition coefficient (Wildman–Crippen LogP) is 3.61. The maximum Gasteiger partial charge on any atom is 0.337 e. The molecule has 2 aromatic heterocycles. The van der Waals surface area contributed by atoms with E-state index < -0.39 is 0 Å². The number of thiazole rings is 1. The van der Waals surface area contributed by atoms with Crippen LogP contribution in [0.3, 0.4) is 0 Å². The third-order valence-corrected chi connectivity index (χ3v) is 5.42. The van der Waals surface area contributed by atoms with E-state index in [0.29, 0.717) is 17.9 Å². The summed E-state index contributed by atoms with van der Waals surface area (Å²) in [6.45, 7) is 0.586. The van der Waals surface area contributed by atoms with Gasteiger partial charge in [0.15, 0.2) is 5.82 Å². The molecule has 2 heterocycles. The summed E-state index contributed by atoms with van der Waals surface area (Å²) in [4.78, 5) is 35.3. The number of methoxy groups -OCH3 is 1. The molecule has 0 saturated heterocycles. The Labute approximate surface area is 177 Å². The lowest BCUT2D eigenvalue weighted by atomic mass is 10.1. The number of likely N-dealkylation sites (N-methyl/N-ethyl adjacent to an activating group) is 1. The van der Waals surface area contributed by atoms with Gasteiger partial charge in [0.2, 0.25) is 5.91 Å². The monoisotopic (exact) mass is 420 g/mol. The van der Waals surface area contributed by atoms with Crippen LogP contribution in [0.4, 0.5) is 0 Å². The van der Waals surface area contributed by atoms with Crippen LogP contribution in [-0.4, -0.2) is 45.5 Å². The predicted molar refractivity (Wildman–Crippen MR) is 115 cm³/mol. The number of amides is 1. The standard InChI is InChI=1S/C22H20N4O3S/c1-25(11-15-7-9-16(10-8-15)22(28)29-2)20(27)12-26-19-6-4-3-5-17(19)24-21(26)18-13-30-14-23-18/h3-10,13-14H,11-12H2,1-2H3. The zero-order valence-corrected chi connectivity index (χ0v) is 17.4. The Kier molecular flexibility index (Phi) is 5.58. The van der Waals surface area contributed by atoms with Gasteiger partial charge in [0, 0.05) is 19.0 Å². The van der Waals surface area contributed by atoms with Gasteiger partial charge >= 0.3 is 5.97 Å². The van der Waals surface area contributed by atoms with Crippen molar-refractivity contribution in [2.24, 2.45) is 0 Å². The molecule has 0 aliphatic rings. The molecule has 0 saturated carbocycles. The molecule has 152 valence electrons. The summed E-state index contributed by atoms with van der Waals surface area (Å²) in [5, 5.41) is 1.93. The Morgan fingerprint density at radius 3 is 2.60 bits per heavy atom. The number of carbonyl (C=O) groups is 2. The van der Waals surface area contributed by atoms with E-state index in [2.05, 4.69) is 9.97 Å². The number of nitrogens with zero attached hydrogens (tertiary/aromatic N) is 4. The summed E-state index contributed by atoms with van der Waals surface area (Å²) in [7, 11) is 3.11. The highest BCUT2D eigenvalue weighted by Crippen LogP contribution is 2.25. The second-order valence-electron chi connectivity index (χ2n) is 6.82. The van der Waals surface area contributed by atoms with E-state index in [1.165, 1.54) is 18.4 Å². The average Bonchev–Trinajstić information content (AvgIpc) is 3.42. The lowest BCUT2D eigenvalue weighted by Gasteiger charge is -2.19. The van der Waals surface area contributed by atoms with Crippen molar-refractivity contribution in [3.05, 3.63) is 70.5 Å². The fraction of sp³-hybridized carbons (Fsp3) is 0.182. The number of imidazole rings is 1. The number of carbonyl (C=O) groups excluding carboxylic acids is 2. The van der Waals surface area contributed by atoms with Crippen LogP contribution in [-0.2, 0) is 22.6 Å². The second-order valence-corrected chi connectivity index (χ2v) is 7.54. The summed E-state index contributed by atoms with van der Waals surface area (Å²) in [6, 6.07) is 14.8. The minimum atomic E-state index is -0.382. The zero-order chi connectivity index (χ0) is 21.1. The number of hydrogen-bond donors (Lipinski definition) is 0. The summed E-state index contributed by atoms with van der Waals surface area (Å²) in [5.74, 6) is 0.251. The molecule has 0 aliphatic carbocycles. The number of fused-ring (bicyclic) bond motifs is 1. The molecule has 2 aromatic carbocycles. The Morgan fingerprint density at radius 1 is 1.13 bits per heavy atom. The second kappa shape index (κ2) is 8.46. The first-order chi connectivity index (χ1) is 14.6. The first-order valence-electron chi connectivity index (χ1n) is 9.32. The molecule has 0 spiro atoms. The summed E-state index contributed by atoms with van der Waals surface area (Å²) in [5.41, 5.74) is 5.64. The van der Waals surface area contributed by atoms with E-state index in [4.69, 9.17) is 4.74 Å². The lowest BCUT2D eigenvalue weighted by Crippen LogP contribution is -2.30. The number of esters is 1. The highest BCUT2D eigenvalue weighted by atomic mass is 32.1. The van der Waals surface area contributed by atoms with Crippen molar-refractivity contribution in [2.45, 2.75) is 13.1 Å². The van der Waals surface area contributed by atoms with Crippen molar-refractivity contribution in [1.82, 2.24) is 19.4 Å². The van der Waals surface area contributed by atoms with Crippen molar-refractivity contribution in [3.8, 4) is 11.5 Å². The van der Waals surface area contributed by atoms with Crippen molar-refractivity contribution in [3.63, 3.8) is 0 Å². The number of rotatable bonds is 6. The maximum atomic E-state index is 13.0. The largest absolute Gasteiger partial charge is 0.465 e. The number of benzene rings is 2. The van der Waals surface area contributed by atoms with Crippen LogP contribution in [0.15, 0.2) is 59.4 Å². The number of aromatic nitrogens is 3. The molecule has 0 radical (unpaired) electrons. The quantitative estimate of drug-likeness (QED) is 0.446. The number of para-hydroxylation sites is 2. The molecule has 8 heteroatoms. The van der Waals surface area contributed by atoms with Gasteiger partial charge in [-0.15, -0.1) is 11.3 Å². The maximum absolute atomic E-state index is 13.0. The zero-order valence-electron chi connectivity index (χ0n) is 16.6. The molecule has 0 N–H and O–H groups in total. The van der Waals surface area contributed by atoms with Gasteiger partial charge in [0.05, 0.1) is 29.2 Å². The molecule has 0 aliphatic heterocycles. The Balaban J connectivity index is 1.54. The Hall–Kier alpha value is -3.52. The van der Waals surface area contributed by atoms with E-state index in [0.717, 1.165) is 22.3 Å². The normalized spacial score (nSPS) is 10.9. The van der Waals surface area contributed by atoms with Crippen LogP contribution >= 0.6 is 11.3 Å². The first kappa shape index (κ1) is 19.8. The van der Waals surface area contributed by atoms with Crippen molar-refractivity contribution >= 4 is 34.2 Å². The van der Waals surface area contributed by atoms with Gasteiger partial charge in [0.25, 0.3) is 0 Å². The third-order valence-electron chi connectivity index (χ3n) is 4.83. The van der Waals surface area contributed by atoms with Crippen molar-refractivity contribution < 1.29 is 14.3 Å². The van der Waals surface area contributed by atoms with Crippen LogP contribution in [0.1, 0.15) is 15.9 Å². The average molecular weight is 420 g/mol. The molecule has 7 nitrogen and oxygen atoms in total. The fourth-order valence-electron chi connectivity index (χ4n) is 3.24. The van der Waals surface area contributed by atoms with E-state index >= 15 is 0 Å². The van der Waals surface area contributed by atoms with Crippen molar-refractivity contribution in [2.75, 3.05) is 14.2 Å². The highest BCUT2D eigenvalue weighted by Gasteiger charge is 2.18.